The van der Waals surface area contributed by atoms with Gasteiger partial charge in [-0.15, -0.1) is 0 Å². The minimum Gasteiger partial charge on any atom is -0.489 e. The zero-order valence-corrected chi connectivity index (χ0v) is 12.6. The van der Waals surface area contributed by atoms with Crippen molar-refractivity contribution in [2.24, 2.45) is 7.05 Å². The van der Waals surface area contributed by atoms with E-state index >= 15 is 0 Å². The van der Waals surface area contributed by atoms with Crippen LogP contribution in [0, 0.1) is 5.82 Å². The van der Waals surface area contributed by atoms with Crippen molar-refractivity contribution in [2.45, 2.75) is 13.2 Å². The molecule has 0 aliphatic carbocycles. The second-order valence-electron chi connectivity index (χ2n) is 5.04. The van der Waals surface area contributed by atoms with Gasteiger partial charge in [-0.05, 0) is 45.8 Å². The zero-order valence-electron chi connectivity index (χ0n) is 12.6. The number of hydrogen-bond donors (Lipinski definition) is 1. The number of ether oxygens (including phenoxy) is 1. The third-order valence-corrected chi connectivity index (χ3v) is 3.29. The van der Waals surface area contributed by atoms with E-state index in [0.717, 1.165) is 16.9 Å². The topological polar surface area (TPSA) is 64.9 Å². The lowest BCUT2D eigenvalue weighted by molar-refractivity contribution is 0.306. The number of rotatable bonds is 6. The molecule has 0 fully saturated rings. The van der Waals surface area contributed by atoms with Gasteiger partial charge in [0, 0.05) is 13.6 Å². The molecule has 0 radical (unpaired) electrons. The maximum absolute atomic E-state index is 12.9. The maximum atomic E-state index is 12.9. The highest BCUT2D eigenvalue weighted by molar-refractivity contribution is 5.32. The molecule has 1 heterocycles. The average Bonchev–Trinajstić information content (AvgIpc) is 2.98. The first-order valence-electron chi connectivity index (χ1n) is 7.13. The van der Waals surface area contributed by atoms with Gasteiger partial charge in [0.25, 0.3) is 0 Å². The van der Waals surface area contributed by atoms with Gasteiger partial charge in [-0.25, -0.2) is 9.07 Å². The molecule has 6 nitrogen and oxygen atoms in total. The van der Waals surface area contributed by atoms with E-state index in [1.165, 1.54) is 12.1 Å². The number of hydrogen-bond acceptors (Lipinski definition) is 5. The number of nitrogens with zero attached hydrogens (tertiary/aromatic N) is 4. The molecule has 118 valence electrons. The monoisotopic (exact) mass is 313 g/mol. The van der Waals surface area contributed by atoms with Crippen LogP contribution in [0.4, 0.5) is 10.3 Å². The van der Waals surface area contributed by atoms with Crippen molar-refractivity contribution in [3.8, 4) is 5.75 Å². The molecule has 23 heavy (non-hydrogen) atoms. The summed E-state index contributed by atoms with van der Waals surface area (Å²) in [5.74, 6) is 1.10. The van der Waals surface area contributed by atoms with Gasteiger partial charge in [0.05, 0.1) is 0 Å². The lowest BCUT2D eigenvalue weighted by Crippen LogP contribution is -2.06. The molecule has 2 aromatic carbocycles. The van der Waals surface area contributed by atoms with Crippen molar-refractivity contribution in [1.82, 2.24) is 20.2 Å². The first-order chi connectivity index (χ1) is 11.2. The molecule has 1 aromatic heterocycles. The van der Waals surface area contributed by atoms with Gasteiger partial charge in [0.2, 0.25) is 5.95 Å². The van der Waals surface area contributed by atoms with Crippen LogP contribution < -0.4 is 10.1 Å². The van der Waals surface area contributed by atoms with Crippen molar-refractivity contribution >= 4 is 5.95 Å². The fraction of sp³-hybridized carbons (Fsp3) is 0.188. The smallest absolute Gasteiger partial charge is 0.242 e. The maximum Gasteiger partial charge on any atom is 0.242 e. The first-order valence-corrected chi connectivity index (χ1v) is 7.13. The molecule has 0 atom stereocenters. The Morgan fingerprint density at radius 2 is 1.96 bits per heavy atom. The molecule has 0 amide bonds. The van der Waals surface area contributed by atoms with Gasteiger partial charge < -0.3 is 10.1 Å². The highest BCUT2D eigenvalue weighted by Gasteiger charge is 2.02. The van der Waals surface area contributed by atoms with E-state index in [2.05, 4.69) is 20.8 Å². The first kappa shape index (κ1) is 15.0. The number of benzene rings is 2. The molecule has 1 N–H and O–H groups in total. The van der Waals surface area contributed by atoms with Gasteiger partial charge >= 0.3 is 0 Å². The van der Waals surface area contributed by atoms with Crippen molar-refractivity contribution in [3.63, 3.8) is 0 Å². The van der Waals surface area contributed by atoms with Crippen LogP contribution in [0.15, 0.2) is 48.5 Å². The van der Waals surface area contributed by atoms with E-state index in [0.29, 0.717) is 19.1 Å². The zero-order chi connectivity index (χ0) is 16.1. The molecule has 0 spiro atoms. The van der Waals surface area contributed by atoms with Crippen LogP contribution in [0.3, 0.4) is 0 Å². The third-order valence-electron chi connectivity index (χ3n) is 3.29. The summed E-state index contributed by atoms with van der Waals surface area (Å²) in [5, 5.41) is 14.3. The van der Waals surface area contributed by atoms with Crippen molar-refractivity contribution in [1.29, 1.82) is 0 Å². The predicted octanol–water partition coefficient (Wildman–Crippen LogP) is 2.54. The second-order valence-corrected chi connectivity index (χ2v) is 5.04. The number of aromatic nitrogens is 4. The van der Waals surface area contributed by atoms with E-state index in [1.54, 1.807) is 23.9 Å². The normalized spacial score (nSPS) is 10.5. The molecule has 0 bridgehead atoms. The van der Waals surface area contributed by atoms with Gasteiger partial charge in [-0.2, -0.15) is 0 Å². The minimum atomic E-state index is -0.250. The number of nitrogens with one attached hydrogen (secondary N) is 1. The van der Waals surface area contributed by atoms with E-state index in [-0.39, 0.29) is 5.82 Å². The molecule has 0 aliphatic rings. The van der Waals surface area contributed by atoms with Crippen LogP contribution in [0.2, 0.25) is 0 Å². The number of halogens is 1. The van der Waals surface area contributed by atoms with Crippen molar-refractivity contribution in [2.75, 3.05) is 5.32 Å². The van der Waals surface area contributed by atoms with Crippen LogP contribution in [0.25, 0.3) is 0 Å². The Bertz CT molecular complexity index is 772. The fourth-order valence-corrected chi connectivity index (χ4v) is 2.05. The largest absolute Gasteiger partial charge is 0.489 e. The summed E-state index contributed by atoms with van der Waals surface area (Å²) in [4.78, 5) is 0. The van der Waals surface area contributed by atoms with Gasteiger partial charge in [0.15, 0.2) is 0 Å². The lowest BCUT2D eigenvalue weighted by Gasteiger charge is -2.09. The molecule has 0 aliphatic heterocycles. The van der Waals surface area contributed by atoms with Crippen LogP contribution in [-0.2, 0) is 20.2 Å². The molecular formula is C16H16FN5O. The number of aryl methyl sites for hydroxylation is 1. The Hall–Kier alpha value is -2.96. The Kier molecular flexibility index (Phi) is 4.46. The number of tetrazole rings is 1. The van der Waals surface area contributed by atoms with E-state index in [9.17, 15) is 4.39 Å². The quantitative estimate of drug-likeness (QED) is 0.757. The Labute approximate surface area is 132 Å². The SMILES string of the molecule is Cn1nnnc1NCc1cccc(OCc2ccc(F)cc2)c1. The van der Waals surface area contributed by atoms with Gasteiger partial charge in [0.1, 0.15) is 18.2 Å². The molecule has 0 unspecified atom stereocenters. The summed E-state index contributed by atoms with van der Waals surface area (Å²) in [6, 6.07) is 14.0. The molecule has 0 saturated carbocycles. The van der Waals surface area contributed by atoms with E-state index in [1.807, 2.05) is 24.3 Å². The third kappa shape index (κ3) is 4.03. The summed E-state index contributed by atoms with van der Waals surface area (Å²) in [7, 11) is 1.77. The van der Waals surface area contributed by atoms with Crippen molar-refractivity contribution in [3.05, 3.63) is 65.5 Å². The van der Waals surface area contributed by atoms with Crippen LogP contribution in [0.5, 0.6) is 5.75 Å². The summed E-state index contributed by atoms with van der Waals surface area (Å²) >= 11 is 0. The average molecular weight is 313 g/mol. The van der Waals surface area contributed by atoms with Gasteiger partial charge in [-0.3, -0.25) is 0 Å². The van der Waals surface area contributed by atoms with Gasteiger partial charge in [-0.1, -0.05) is 29.4 Å². The summed E-state index contributed by atoms with van der Waals surface area (Å²) < 4.78 is 20.2. The molecule has 3 aromatic rings. The number of anilines is 1. The molecule has 0 saturated heterocycles. The molecule has 7 heteroatoms. The molecular weight excluding hydrogens is 297 g/mol. The Morgan fingerprint density at radius 3 is 2.70 bits per heavy atom. The fourth-order valence-electron chi connectivity index (χ4n) is 2.05. The van der Waals surface area contributed by atoms with Crippen molar-refractivity contribution < 1.29 is 9.13 Å². The molecule has 3 rings (SSSR count). The highest BCUT2D eigenvalue weighted by atomic mass is 19.1. The minimum absolute atomic E-state index is 0.250. The Morgan fingerprint density at radius 1 is 1.13 bits per heavy atom. The standard InChI is InChI=1S/C16H16FN5O/c1-22-16(19-20-21-22)18-10-13-3-2-4-15(9-13)23-11-12-5-7-14(17)8-6-12/h2-9H,10-11H2,1H3,(H,18,19,21). The van der Waals surface area contributed by atoms with Crippen LogP contribution in [0.1, 0.15) is 11.1 Å². The van der Waals surface area contributed by atoms with Crippen LogP contribution >= 0.6 is 0 Å². The summed E-state index contributed by atoms with van der Waals surface area (Å²) in [6.07, 6.45) is 0. The van der Waals surface area contributed by atoms with E-state index in [4.69, 9.17) is 4.74 Å². The van der Waals surface area contributed by atoms with E-state index < -0.39 is 0 Å². The second kappa shape index (κ2) is 6.87. The summed E-state index contributed by atoms with van der Waals surface area (Å²) in [6.45, 7) is 0.979. The Balaban J connectivity index is 1.58. The van der Waals surface area contributed by atoms with Crippen LogP contribution in [-0.4, -0.2) is 20.2 Å². The lowest BCUT2D eigenvalue weighted by atomic mass is 10.2. The summed E-state index contributed by atoms with van der Waals surface area (Å²) in [5.41, 5.74) is 1.96. The predicted molar refractivity (Wildman–Crippen MR) is 83.3 cm³/mol. The highest BCUT2D eigenvalue weighted by Crippen LogP contribution is 2.16.